The Morgan fingerprint density at radius 3 is 2.91 bits per heavy atom. The number of rotatable bonds is 5. The summed E-state index contributed by atoms with van der Waals surface area (Å²) < 4.78 is 6.59. The molecule has 0 spiro atoms. The summed E-state index contributed by atoms with van der Waals surface area (Å²) in [6, 6.07) is 6.95. The zero-order valence-corrected chi connectivity index (χ0v) is 13.5. The van der Waals surface area contributed by atoms with Crippen LogP contribution in [0.5, 0.6) is 0 Å². The van der Waals surface area contributed by atoms with Gasteiger partial charge in [0, 0.05) is 30.4 Å². The SMILES string of the molecule is O=C(Cn1ncccc1=O)NC(c1cccs1)C1CCOCC1. The highest BCUT2D eigenvalue weighted by atomic mass is 32.1. The lowest BCUT2D eigenvalue weighted by molar-refractivity contribution is -0.123. The minimum atomic E-state index is -0.276. The molecule has 3 rings (SSSR count). The molecule has 1 atom stereocenters. The van der Waals surface area contributed by atoms with Crippen LogP contribution in [-0.2, 0) is 16.1 Å². The topological polar surface area (TPSA) is 73.2 Å². The Hall–Kier alpha value is -1.99. The summed E-state index contributed by atoms with van der Waals surface area (Å²) in [5.74, 6) is 0.155. The van der Waals surface area contributed by atoms with E-state index < -0.39 is 0 Å². The molecule has 7 heteroatoms. The van der Waals surface area contributed by atoms with Crippen LogP contribution in [0.1, 0.15) is 23.8 Å². The molecule has 122 valence electrons. The van der Waals surface area contributed by atoms with E-state index in [4.69, 9.17) is 4.74 Å². The van der Waals surface area contributed by atoms with E-state index >= 15 is 0 Å². The molecule has 2 aromatic heterocycles. The number of ether oxygens (including phenoxy) is 1. The van der Waals surface area contributed by atoms with Crippen LogP contribution in [0.25, 0.3) is 0 Å². The van der Waals surface area contributed by atoms with E-state index in [1.807, 2.05) is 17.5 Å². The van der Waals surface area contributed by atoms with E-state index in [-0.39, 0.29) is 24.1 Å². The molecule has 0 aliphatic carbocycles. The summed E-state index contributed by atoms with van der Waals surface area (Å²) in [5, 5.41) is 9.02. The summed E-state index contributed by atoms with van der Waals surface area (Å²) in [6.45, 7) is 1.38. The van der Waals surface area contributed by atoms with Gasteiger partial charge < -0.3 is 10.1 Å². The van der Waals surface area contributed by atoms with Gasteiger partial charge in [-0.3, -0.25) is 9.59 Å². The van der Waals surface area contributed by atoms with Crippen LogP contribution in [0, 0.1) is 5.92 Å². The molecule has 2 aromatic rings. The number of hydrogen-bond acceptors (Lipinski definition) is 5. The van der Waals surface area contributed by atoms with Crippen molar-refractivity contribution < 1.29 is 9.53 Å². The van der Waals surface area contributed by atoms with Gasteiger partial charge in [0.25, 0.3) is 5.56 Å². The largest absolute Gasteiger partial charge is 0.381 e. The van der Waals surface area contributed by atoms with Crippen molar-refractivity contribution in [2.45, 2.75) is 25.4 Å². The number of carbonyl (C=O) groups is 1. The van der Waals surface area contributed by atoms with E-state index in [2.05, 4.69) is 10.4 Å². The highest BCUT2D eigenvalue weighted by Crippen LogP contribution is 2.32. The lowest BCUT2D eigenvalue weighted by Gasteiger charge is -2.30. The predicted octanol–water partition coefficient (Wildman–Crippen LogP) is 1.59. The van der Waals surface area contributed by atoms with E-state index in [1.165, 1.54) is 16.9 Å². The highest BCUT2D eigenvalue weighted by molar-refractivity contribution is 7.10. The lowest BCUT2D eigenvalue weighted by atomic mass is 9.90. The quantitative estimate of drug-likeness (QED) is 0.902. The van der Waals surface area contributed by atoms with Gasteiger partial charge in [-0.05, 0) is 36.3 Å². The van der Waals surface area contributed by atoms with E-state index in [1.54, 1.807) is 17.4 Å². The number of amides is 1. The van der Waals surface area contributed by atoms with Gasteiger partial charge in [-0.1, -0.05) is 6.07 Å². The Morgan fingerprint density at radius 2 is 2.22 bits per heavy atom. The Bertz CT molecular complexity index is 693. The second kappa shape index (κ2) is 7.52. The minimum Gasteiger partial charge on any atom is -0.381 e. The number of carbonyl (C=O) groups excluding carboxylic acids is 1. The summed E-state index contributed by atoms with van der Waals surface area (Å²) in [5.41, 5.74) is -0.276. The van der Waals surface area contributed by atoms with Crippen molar-refractivity contribution in [3.63, 3.8) is 0 Å². The van der Waals surface area contributed by atoms with Crippen LogP contribution in [-0.4, -0.2) is 28.9 Å². The van der Waals surface area contributed by atoms with E-state index in [0.717, 1.165) is 30.9 Å². The van der Waals surface area contributed by atoms with Crippen LogP contribution in [0.15, 0.2) is 40.6 Å². The highest BCUT2D eigenvalue weighted by Gasteiger charge is 2.27. The Labute approximate surface area is 138 Å². The molecule has 23 heavy (non-hydrogen) atoms. The smallest absolute Gasteiger partial charge is 0.267 e. The molecule has 0 bridgehead atoms. The maximum atomic E-state index is 12.4. The Morgan fingerprint density at radius 1 is 1.39 bits per heavy atom. The number of nitrogens with one attached hydrogen (secondary N) is 1. The van der Waals surface area contributed by atoms with Crippen molar-refractivity contribution in [3.05, 3.63) is 51.1 Å². The van der Waals surface area contributed by atoms with Gasteiger partial charge in [-0.25, -0.2) is 4.68 Å². The number of nitrogens with zero attached hydrogens (tertiary/aromatic N) is 2. The van der Waals surface area contributed by atoms with Crippen LogP contribution >= 0.6 is 11.3 Å². The summed E-state index contributed by atoms with van der Waals surface area (Å²) in [7, 11) is 0. The van der Waals surface area contributed by atoms with Gasteiger partial charge in [-0.2, -0.15) is 5.10 Å². The van der Waals surface area contributed by atoms with Crippen LogP contribution in [0.2, 0.25) is 0 Å². The van der Waals surface area contributed by atoms with Gasteiger partial charge >= 0.3 is 0 Å². The molecule has 1 fully saturated rings. The molecular formula is C16H19N3O3S. The van der Waals surface area contributed by atoms with Gasteiger partial charge in [0.05, 0.1) is 6.04 Å². The molecule has 1 unspecified atom stereocenters. The molecule has 6 nitrogen and oxygen atoms in total. The molecule has 3 heterocycles. The minimum absolute atomic E-state index is 0.0363. The van der Waals surface area contributed by atoms with Crippen molar-refractivity contribution in [1.82, 2.24) is 15.1 Å². The van der Waals surface area contributed by atoms with Crippen molar-refractivity contribution in [2.24, 2.45) is 5.92 Å². The maximum absolute atomic E-state index is 12.4. The van der Waals surface area contributed by atoms with Crippen molar-refractivity contribution in [2.75, 3.05) is 13.2 Å². The Kier molecular flexibility index (Phi) is 5.19. The van der Waals surface area contributed by atoms with E-state index in [0.29, 0.717) is 5.92 Å². The molecule has 1 amide bonds. The first-order chi connectivity index (χ1) is 11.2. The third-order valence-corrected chi connectivity index (χ3v) is 4.94. The average Bonchev–Trinajstić information content (AvgIpc) is 3.10. The lowest BCUT2D eigenvalue weighted by Crippen LogP contribution is -2.39. The fraction of sp³-hybridized carbons (Fsp3) is 0.438. The number of hydrogen-bond donors (Lipinski definition) is 1. The van der Waals surface area contributed by atoms with Crippen molar-refractivity contribution >= 4 is 17.2 Å². The first-order valence-electron chi connectivity index (χ1n) is 7.66. The number of thiophene rings is 1. The fourth-order valence-electron chi connectivity index (χ4n) is 2.80. The number of aromatic nitrogens is 2. The molecule has 1 N–H and O–H groups in total. The molecule has 1 saturated heterocycles. The zero-order chi connectivity index (χ0) is 16.1. The second-order valence-corrected chi connectivity index (χ2v) is 6.51. The molecule has 1 aliphatic rings. The van der Waals surface area contributed by atoms with Gasteiger partial charge in [0.2, 0.25) is 5.91 Å². The third kappa shape index (κ3) is 4.05. The van der Waals surface area contributed by atoms with Crippen LogP contribution in [0.3, 0.4) is 0 Å². The molecular weight excluding hydrogens is 314 g/mol. The fourth-order valence-corrected chi connectivity index (χ4v) is 3.67. The molecule has 1 aliphatic heterocycles. The average molecular weight is 333 g/mol. The van der Waals surface area contributed by atoms with Gasteiger partial charge in [0.1, 0.15) is 6.54 Å². The molecule has 0 radical (unpaired) electrons. The molecule has 0 aromatic carbocycles. The van der Waals surface area contributed by atoms with E-state index in [9.17, 15) is 9.59 Å². The second-order valence-electron chi connectivity index (χ2n) is 5.53. The summed E-state index contributed by atoms with van der Waals surface area (Å²) in [4.78, 5) is 25.2. The van der Waals surface area contributed by atoms with Gasteiger partial charge in [-0.15, -0.1) is 11.3 Å². The van der Waals surface area contributed by atoms with Crippen molar-refractivity contribution in [1.29, 1.82) is 0 Å². The zero-order valence-electron chi connectivity index (χ0n) is 12.7. The first-order valence-corrected chi connectivity index (χ1v) is 8.54. The monoisotopic (exact) mass is 333 g/mol. The van der Waals surface area contributed by atoms with Crippen molar-refractivity contribution in [3.8, 4) is 0 Å². The Balaban J connectivity index is 1.71. The standard InChI is InChI=1S/C16H19N3O3S/c20-14(11-19-15(21)4-1-7-17-19)18-16(13-3-2-10-23-13)12-5-8-22-9-6-12/h1-4,7,10,12,16H,5-6,8-9,11H2,(H,18,20). The van der Waals surface area contributed by atoms with Crippen LogP contribution in [0.4, 0.5) is 0 Å². The maximum Gasteiger partial charge on any atom is 0.267 e. The predicted molar refractivity (Wildman–Crippen MR) is 87.2 cm³/mol. The molecule has 0 saturated carbocycles. The third-order valence-electron chi connectivity index (χ3n) is 3.98. The summed E-state index contributed by atoms with van der Waals surface area (Å²) >= 11 is 1.64. The summed E-state index contributed by atoms with van der Waals surface area (Å²) in [6.07, 6.45) is 3.35. The van der Waals surface area contributed by atoms with Crippen LogP contribution < -0.4 is 10.9 Å². The first kappa shape index (κ1) is 15.9. The normalized spacial score (nSPS) is 16.9. The van der Waals surface area contributed by atoms with Gasteiger partial charge in [0.15, 0.2) is 0 Å².